The van der Waals surface area contributed by atoms with E-state index in [1.807, 2.05) is 0 Å². The van der Waals surface area contributed by atoms with E-state index in [4.69, 9.17) is 0 Å². The zero-order chi connectivity index (χ0) is 9.97. The average molecular weight is 255 g/mol. The Bertz CT molecular complexity index is 350. The van der Waals surface area contributed by atoms with Gasteiger partial charge < -0.3 is 5.32 Å². The van der Waals surface area contributed by atoms with Crippen LogP contribution < -0.4 is 5.32 Å². The van der Waals surface area contributed by atoms with E-state index in [0.29, 0.717) is 16.2 Å². The molecule has 1 heterocycles. The highest BCUT2D eigenvalue weighted by Gasteiger charge is 2.19. The fraction of sp³-hybridized carbons (Fsp3) is 0.400. The Morgan fingerprint density at radius 1 is 1.57 bits per heavy atom. The molecule has 0 saturated heterocycles. The Hall–Kier alpha value is -0.900. The normalized spacial score (nSPS) is 16.1. The zero-order valence-electron chi connectivity index (χ0n) is 7.66. The smallest absolute Gasteiger partial charge is 0.251 e. The molecule has 1 fully saturated rings. The quantitative estimate of drug-likeness (QED) is 0.822. The van der Waals surface area contributed by atoms with Gasteiger partial charge >= 0.3 is 0 Å². The first kappa shape index (κ1) is 9.65. The summed E-state index contributed by atoms with van der Waals surface area (Å²) in [5.41, 5.74) is 0.666. The van der Waals surface area contributed by atoms with Gasteiger partial charge in [-0.05, 0) is 47.3 Å². The van der Waals surface area contributed by atoms with E-state index in [1.165, 1.54) is 6.42 Å². The van der Waals surface area contributed by atoms with Crippen molar-refractivity contribution in [2.24, 2.45) is 0 Å². The number of aromatic nitrogens is 1. The van der Waals surface area contributed by atoms with Crippen LogP contribution in [0.1, 0.15) is 29.6 Å². The van der Waals surface area contributed by atoms with Crippen LogP contribution in [-0.4, -0.2) is 16.9 Å². The number of nitrogens with one attached hydrogen (secondary N) is 1. The van der Waals surface area contributed by atoms with Crippen LogP contribution in [0.3, 0.4) is 0 Å². The van der Waals surface area contributed by atoms with Crippen molar-refractivity contribution in [1.29, 1.82) is 0 Å². The van der Waals surface area contributed by atoms with Crippen LogP contribution in [0, 0.1) is 0 Å². The molecule has 1 aliphatic carbocycles. The van der Waals surface area contributed by atoms with Crippen molar-refractivity contribution in [3.63, 3.8) is 0 Å². The van der Waals surface area contributed by atoms with Crippen LogP contribution in [0.5, 0.6) is 0 Å². The summed E-state index contributed by atoms with van der Waals surface area (Å²) in [7, 11) is 0. The number of pyridine rings is 1. The summed E-state index contributed by atoms with van der Waals surface area (Å²) in [6.07, 6.45) is 5.07. The van der Waals surface area contributed by atoms with Gasteiger partial charge in [-0.25, -0.2) is 4.98 Å². The van der Waals surface area contributed by atoms with Gasteiger partial charge in [0.05, 0.1) is 0 Å². The van der Waals surface area contributed by atoms with Gasteiger partial charge in [0.1, 0.15) is 4.60 Å². The lowest BCUT2D eigenvalue weighted by Gasteiger charge is -2.26. The molecule has 1 saturated carbocycles. The molecule has 4 heteroatoms. The Balaban J connectivity index is 2.02. The maximum Gasteiger partial charge on any atom is 0.251 e. The Morgan fingerprint density at radius 2 is 2.36 bits per heavy atom. The van der Waals surface area contributed by atoms with Crippen molar-refractivity contribution in [3.05, 3.63) is 28.5 Å². The van der Waals surface area contributed by atoms with Crippen LogP contribution in [0.2, 0.25) is 0 Å². The standard InChI is InChI=1S/C10H11BrN2O/c11-9-6-7(4-5-12-9)10(14)13-8-2-1-3-8/h4-6,8H,1-3H2,(H,13,14). The van der Waals surface area contributed by atoms with Crippen molar-refractivity contribution < 1.29 is 4.79 Å². The molecular formula is C10H11BrN2O. The number of nitrogens with zero attached hydrogens (tertiary/aromatic N) is 1. The summed E-state index contributed by atoms with van der Waals surface area (Å²) < 4.78 is 0.693. The van der Waals surface area contributed by atoms with Gasteiger partial charge in [-0.15, -0.1) is 0 Å². The van der Waals surface area contributed by atoms with E-state index in [9.17, 15) is 4.79 Å². The molecule has 1 aliphatic rings. The zero-order valence-corrected chi connectivity index (χ0v) is 9.25. The van der Waals surface area contributed by atoms with Crippen LogP contribution in [0.25, 0.3) is 0 Å². The third-order valence-electron chi connectivity index (χ3n) is 2.43. The van der Waals surface area contributed by atoms with E-state index < -0.39 is 0 Å². The van der Waals surface area contributed by atoms with E-state index >= 15 is 0 Å². The van der Waals surface area contributed by atoms with E-state index in [2.05, 4.69) is 26.2 Å². The second-order valence-electron chi connectivity index (χ2n) is 3.47. The largest absolute Gasteiger partial charge is 0.349 e. The molecule has 0 aliphatic heterocycles. The number of carbonyl (C=O) groups excluding carboxylic acids is 1. The van der Waals surface area contributed by atoms with Gasteiger partial charge in [-0.3, -0.25) is 4.79 Å². The Labute approximate surface area is 91.0 Å². The molecule has 0 unspecified atom stereocenters. The first-order valence-electron chi connectivity index (χ1n) is 4.68. The number of halogens is 1. The van der Waals surface area contributed by atoms with Gasteiger partial charge in [0.15, 0.2) is 0 Å². The van der Waals surface area contributed by atoms with Crippen LogP contribution in [0.15, 0.2) is 22.9 Å². The van der Waals surface area contributed by atoms with Gasteiger partial charge in [-0.1, -0.05) is 0 Å². The minimum Gasteiger partial charge on any atom is -0.349 e. The molecule has 0 atom stereocenters. The average Bonchev–Trinajstić information content (AvgIpc) is 2.11. The molecule has 74 valence electrons. The molecular weight excluding hydrogens is 244 g/mol. The number of carbonyl (C=O) groups is 1. The minimum atomic E-state index is -0.00204. The molecule has 0 bridgehead atoms. The van der Waals surface area contributed by atoms with Crippen molar-refractivity contribution in [2.45, 2.75) is 25.3 Å². The molecule has 0 aromatic carbocycles. The van der Waals surface area contributed by atoms with Gasteiger partial charge in [0.25, 0.3) is 5.91 Å². The van der Waals surface area contributed by atoms with E-state index in [0.717, 1.165) is 12.8 Å². The van der Waals surface area contributed by atoms with Crippen molar-refractivity contribution in [2.75, 3.05) is 0 Å². The van der Waals surface area contributed by atoms with Crippen molar-refractivity contribution >= 4 is 21.8 Å². The highest BCUT2D eigenvalue weighted by Crippen LogP contribution is 2.18. The Kier molecular flexibility index (Phi) is 2.82. The maximum absolute atomic E-state index is 11.6. The molecule has 3 nitrogen and oxygen atoms in total. The fourth-order valence-corrected chi connectivity index (χ4v) is 1.73. The molecule has 1 N–H and O–H groups in total. The predicted octanol–water partition coefficient (Wildman–Crippen LogP) is 2.13. The minimum absolute atomic E-state index is 0.00204. The first-order valence-corrected chi connectivity index (χ1v) is 5.47. The lowest BCUT2D eigenvalue weighted by molar-refractivity contribution is 0.0917. The molecule has 1 aromatic heterocycles. The number of amides is 1. The monoisotopic (exact) mass is 254 g/mol. The van der Waals surface area contributed by atoms with Gasteiger partial charge in [-0.2, -0.15) is 0 Å². The van der Waals surface area contributed by atoms with Crippen molar-refractivity contribution in [3.8, 4) is 0 Å². The molecule has 1 amide bonds. The van der Waals surface area contributed by atoms with Crippen LogP contribution in [0.4, 0.5) is 0 Å². The molecule has 0 spiro atoms. The number of hydrogen-bond acceptors (Lipinski definition) is 2. The summed E-state index contributed by atoms with van der Waals surface area (Å²) in [6, 6.07) is 3.83. The second-order valence-corrected chi connectivity index (χ2v) is 4.28. The molecule has 2 rings (SSSR count). The molecule has 0 radical (unpaired) electrons. The summed E-state index contributed by atoms with van der Waals surface area (Å²) >= 11 is 3.24. The summed E-state index contributed by atoms with van der Waals surface area (Å²) in [5, 5.41) is 2.97. The maximum atomic E-state index is 11.6. The van der Waals surface area contributed by atoms with Crippen LogP contribution in [-0.2, 0) is 0 Å². The fourth-order valence-electron chi connectivity index (χ4n) is 1.37. The second kappa shape index (κ2) is 4.09. The SMILES string of the molecule is O=C(NC1CCC1)c1ccnc(Br)c1. The third-order valence-corrected chi connectivity index (χ3v) is 2.86. The number of hydrogen-bond donors (Lipinski definition) is 1. The first-order chi connectivity index (χ1) is 6.75. The summed E-state index contributed by atoms with van der Waals surface area (Å²) in [6.45, 7) is 0. The highest BCUT2D eigenvalue weighted by molar-refractivity contribution is 9.10. The summed E-state index contributed by atoms with van der Waals surface area (Å²) in [4.78, 5) is 15.6. The van der Waals surface area contributed by atoms with Gasteiger partial charge in [0, 0.05) is 17.8 Å². The Morgan fingerprint density at radius 3 is 2.93 bits per heavy atom. The molecule has 14 heavy (non-hydrogen) atoms. The van der Waals surface area contributed by atoms with E-state index in [-0.39, 0.29) is 5.91 Å². The number of rotatable bonds is 2. The lowest BCUT2D eigenvalue weighted by atomic mass is 9.93. The van der Waals surface area contributed by atoms with Gasteiger partial charge in [0.2, 0.25) is 0 Å². The van der Waals surface area contributed by atoms with E-state index in [1.54, 1.807) is 18.3 Å². The molecule has 1 aromatic rings. The summed E-state index contributed by atoms with van der Waals surface area (Å²) in [5.74, 6) is -0.00204. The van der Waals surface area contributed by atoms with Crippen molar-refractivity contribution in [1.82, 2.24) is 10.3 Å². The predicted molar refractivity (Wildman–Crippen MR) is 57.0 cm³/mol. The topological polar surface area (TPSA) is 42.0 Å². The van der Waals surface area contributed by atoms with Crippen LogP contribution >= 0.6 is 15.9 Å². The lowest BCUT2D eigenvalue weighted by Crippen LogP contribution is -2.39. The third kappa shape index (κ3) is 2.12. The highest BCUT2D eigenvalue weighted by atomic mass is 79.9.